The molecule has 0 bridgehead atoms. The average molecular weight is 386 g/mol. The number of anilines is 1. The number of hydrogen-bond acceptors (Lipinski definition) is 5. The Hall–Kier alpha value is -3.25. The van der Waals surface area contributed by atoms with Crippen molar-refractivity contribution in [3.8, 4) is 5.88 Å². The van der Waals surface area contributed by atoms with E-state index >= 15 is 0 Å². The normalized spacial score (nSPS) is 20.6. The van der Waals surface area contributed by atoms with Crippen molar-refractivity contribution in [2.24, 2.45) is 4.99 Å². The van der Waals surface area contributed by atoms with Crippen LogP contribution in [0.5, 0.6) is 5.88 Å². The molecule has 2 aliphatic rings. The average Bonchev–Trinajstić information content (AvgIpc) is 3.38. The van der Waals surface area contributed by atoms with E-state index < -0.39 is 0 Å². The molecule has 0 saturated heterocycles. The van der Waals surface area contributed by atoms with Gasteiger partial charge in [0.25, 0.3) is 0 Å². The highest BCUT2D eigenvalue weighted by molar-refractivity contribution is 7.16. The Kier molecular flexibility index (Phi) is 4.06. The molecule has 5 nitrogen and oxygen atoms in total. The van der Waals surface area contributed by atoms with Gasteiger partial charge in [0.05, 0.1) is 10.2 Å². The van der Waals surface area contributed by atoms with Gasteiger partial charge < -0.3 is 10.4 Å². The summed E-state index contributed by atoms with van der Waals surface area (Å²) in [7, 11) is 0. The van der Waals surface area contributed by atoms with Gasteiger partial charge in [-0.3, -0.25) is 5.41 Å². The summed E-state index contributed by atoms with van der Waals surface area (Å²) in [5, 5.41) is 23.8. The van der Waals surface area contributed by atoms with Gasteiger partial charge in [0.2, 0.25) is 5.88 Å². The van der Waals surface area contributed by atoms with Crippen LogP contribution in [0.1, 0.15) is 28.3 Å². The van der Waals surface area contributed by atoms with Crippen molar-refractivity contribution in [3.63, 3.8) is 0 Å². The van der Waals surface area contributed by atoms with Gasteiger partial charge >= 0.3 is 0 Å². The molecule has 2 heterocycles. The lowest BCUT2D eigenvalue weighted by atomic mass is 10.1. The van der Waals surface area contributed by atoms with E-state index in [1.807, 2.05) is 36.4 Å². The maximum atomic E-state index is 10.2. The van der Waals surface area contributed by atoms with E-state index in [1.165, 1.54) is 16.9 Å². The summed E-state index contributed by atoms with van der Waals surface area (Å²) >= 11 is 1.45. The predicted octanol–water partition coefficient (Wildman–Crippen LogP) is 3.27. The third-order valence-corrected chi connectivity index (χ3v) is 5.90. The summed E-state index contributed by atoms with van der Waals surface area (Å²) in [6.07, 6.45) is 6.57. The number of nitrogens with one attached hydrogen (secondary N) is 2. The molecule has 1 aliphatic carbocycles. The maximum absolute atomic E-state index is 10.2. The molecule has 6 heteroatoms. The van der Waals surface area contributed by atoms with Crippen LogP contribution in [0.4, 0.5) is 5.13 Å². The van der Waals surface area contributed by atoms with E-state index in [0.717, 1.165) is 32.6 Å². The number of rotatable bonds is 4. The van der Waals surface area contributed by atoms with Crippen LogP contribution in [-0.4, -0.2) is 22.0 Å². The molecule has 0 spiro atoms. The van der Waals surface area contributed by atoms with Gasteiger partial charge in [0.15, 0.2) is 5.13 Å². The number of benzene rings is 2. The van der Waals surface area contributed by atoms with Gasteiger partial charge in [-0.05, 0) is 47.6 Å². The second-order valence-electron chi connectivity index (χ2n) is 7.00. The number of aromatic nitrogens is 1. The Morgan fingerprint density at radius 3 is 2.86 bits per heavy atom. The molecule has 5 rings (SSSR count). The quantitative estimate of drug-likeness (QED) is 0.644. The lowest BCUT2D eigenvalue weighted by molar-refractivity contribution is 0.456. The standard InChI is InChI=1S/C22H18N4OS/c23-20-9-7-15-10-13(6-8-17(15)24-20)11-19-21(27)26-22(28-19)25-18-12-16(18)14-4-2-1-3-5-14/h1-11,16,18,23,27H,12H2,(H,25,26)/b13-11-,23-20?/t16-,18+/m0/s1. The van der Waals surface area contributed by atoms with E-state index in [-0.39, 0.29) is 11.7 Å². The molecular weight excluding hydrogens is 368 g/mol. The molecule has 28 heavy (non-hydrogen) atoms. The van der Waals surface area contributed by atoms with Crippen molar-refractivity contribution in [1.29, 1.82) is 5.41 Å². The number of thiazole rings is 1. The van der Waals surface area contributed by atoms with Crippen molar-refractivity contribution in [2.75, 3.05) is 5.32 Å². The highest BCUT2D eigenvalue weighted by atomic mass is 32.1. The van der Waals surface area contributed by atoms with Crippen LogP contribution in [0.25, 0.3) is 12.2 Å². The molecule has 0 radical (unpaired) electrons. The number of nitrogens with zero attached hydrogens (tertiary/aromatic N) is 2. The summed E-state index contributed by atoms with van der Waals surface area (Å²) < 4.78 is 0. The number of hydrogen-bond donors (Lipinski definition) is 3. The van der Waals surface area contributed by atoms with E-state index in [9.17, 15) is 5.11 Å². The molecule has 2 atom stereocenters. The summed E-state index contributed by atoms with van der Waals surface area (Å²) in [4.78, 5) is 9.21. The topological polar surface area (TPSA) is 81.4 Å². The first-order valence-electron chi connectivity index (χ1n) is 9.14. The van der Waals surface area contributed by atoms with E-state index in [2.05, 4.69) is 39.6 Å². The Morgan fingerprint density at radius 2 is 2.00 bits per heavy atom. The molecule has 1 fully saturated rings. The zero-order valence-electron chi connectivity index (χ0n) is 15.0. The Morgan fingerprint density at radius 1 is 1.14 bits per heavy atom. The van der Waals surface area contributed by atoms with Gasteiger partial charge in [-0.1, -0.05) is 47.7 Å². The second kappa shape index (κ2) is 6.73. The lowest BCUT2D eigenvalue weighted by Crippen LogP contribution is -2.16. The molecule has 1 aromatic heterocycles. The number of aromatic hydroxyl groups is 1. The van der Waals surface area contributed by atoms with Crippen LogP contribution in [0.15, 0.2) is 59.6 Å². The molecule has 2 aromatic carbocycles. The fourth-order valence-corrected chi connectivity index (χ4v) is 4.33. The first-order chi connectivity index (χ1) is 13.7. The van der Waals surface area contributed by atoms with Crippen LogP contribution >= 0.6 is 11.3 Å². The molecule has 1 aliphatic heterocycles. The fraction of sp³-hybridized carbons (Fsp3) is 0.136. The maximum Gasteiger partial charge on any atom is 0.231 e. The van der Waals surface area contributed by atoms with E-state index in [1.54, 1.807) is 6.08 Å². The minimum absolute atomic E-state index is 0.0455. The van der Waals surface area contributed by atoms with Crippen LogP contribution in [0.2, 0.25) is 0 Å². The predicted molar refractivity (Wildman–Crippen MR) is 113 cm³/mol. The first kappa shape index (κ1) is 16.9. The van der Waals surface area contributed by atoms with Crippen LogP contribution in [0, 0.1) is 5.41 Å². The van der Waals surface area contributed by atoms with Crippen molar-refractivity contribution in [1.82, 2.24) is 4.98 Å². The zero-order chi connectivity index (χ0) is 19.1. The Bertz CT molecular complexity index is 1210. The molecule has 0 unspecified atom stereocenters. The van der Waals surface area contributed by atoms with Gasteiger partial charge in [0.1, 0.15) is 5.84 Å². The van der Waals surface area contributed by atoms with Gasteiger partial charge in [0, 0.05) is 17.5 Å². The monoisotopic (exact) mass is 386 g/mol. The Balaban J connectivity index is 1.36. The largest absolute Gasteiger partial charge is 0.492 e. The third-order valence-electron chi connectivity index (χ3n) is 4.97. The van der Waals surface area contributed by atoms with E-state index in [0.29, 0.717) is 12.0 Å². The van der Waals surface area contributed by atoms with Gasteiger partial charge in [-0.15, -0.1) is 0 Å². The molecular formula is C22H18N4OS. The summed E-state index contributed by atoms with van der Waals surface area (Å²) in [6.45, 7) is 0. The Labute approximate surface area is 165 Å². The lowest BCUT2D eigenvalue weighted by Gasteiger charge is -2.01. The molecule has 138 valence electrons. The second-order valence-corrected chi connectivity index (χ2v) is 8.03. The number of amidine groups is 1. The molecule has 3 N–H and O–H groups in total. The highest BCUT2D eigenvalue weighted by Gasteiger charge is 2.38. The van der Waals surface area contributed by atoms with Crippen LogP contribution in [0.3, 0.4) is 0 Å². The van der Waals surface area contributed by atoms with Crippen LogP contribution < -0.4 is 15.9 Å². The molecule has 0 amide bonds. The third kappa shape index (κ3) is 3.34. The van der Waals surface area contributed by atoms with Gasteiger partial charge in [-0.25, -0.2) is 4.99 Å². The summed E-state index contributed by atoms with van der Waals surface area (Å²) in [5.74, 6) is 0.813. The minimum Gasteiger partial charge on any atom is -0.492 e. The molecule has 1 saturated carbocycles. The van der Waals surface area contributed by atoms with E-state index in [4.69, 9.17) is 5.41 Å². The van der Waals surface area contributed by atoms with Crippen molar-refractivity contribution >= 4 is 34.5 Å². The summed E-state index contributed by atoms with van der Waals surface area (Å²) in [5.41, 5.74) is 2.31. The summed E-state index contributed by atoms with van der Waals surface area (Å²) in [6, 6.07) is 16.7. The fourth-order valence-electron chi connectivity index (χ4n) is 3.45. The van der Waals surface area contributed by atoms with Crippen LogP contribution in [-0.2, 0) is 0 Å². The van der Waals surface area contributed by atoms with Crippen molar-refractivity contribution < 1.29 is 5.11 Å². The van der Waals surface area contributed by atoms with Crippen molar-refractivity contribution in [3.05, 3.63) is 81.2 Å². The smallest absolute Gasteiger partial charge is 0.231 e. The number of fused-ring (bicyclic) bond motifs is 1. The SMILES string of the molecule is N=C1C=Cc2c/c(=C\c3sc(N[C@@H]4C[C@H]4c4ccccc4)nc3O)ccc2=N1. The zero-order valence-corrected chi connectivity index (χ0v) is 15.8. The minimum atomic E-state index is 0.0455. The molecule has 3 aromatic rings. The van der Waals surface area contributed by atoms with Gasteiger partial charge in [-0.2, -0.15) is 4.98 Å². The highest BCUT2D eigenvalue weighted by Crippen LogP contribution is 2.43. The first-order valence-corrected chi connectivity index (χ1v) is 9.96. The van der Waals surface area contributed by atoms with Crippen molar-refractivity contribution in [2.45, 2.75) is 18.4 Å².